The molecule has 0 fully saturated rings. The van der Waals surface area contributed by atoms with Gasteiger partial charge in [0.1, 0.15) is 12.0 Å². The van der Waals surface area contributed by atoms with Gasteiger partial charge in [0.05, 0.1) is 10.0 Å². The summed E-state index contributed by atoms with van der Waals surface area (Å²) in [5.74, 6) is 0.272. The first-order chi connectivity index (χ1) is 7.20. The summed E-state index contributed by atoms with van der Waals surface area (Å²) in [6, 6.07) is 5.21. The third-order valence-corrected chi connectivity index (χ3v) is 2.67. The van der Waals surface area contributed by atoms with Crippen molar-refractivity contribution in [2.45, 2.75) is 0 Å². The lowest BCUT2D eigenvalue weighted by molar-refractivity contribution is 0.824. The minimum atomic E-state index is 0. The number of benzene rings is 1. The zero-order chi connectivity index (χ0) is 10.8. The zero-order valence-electron chi connectivity index (χ0n) is 7.98. The predicted molar refractivity (Wildman–Crippen MR) is 63.3 cm³/mol. The summed E-state index contributed by atoms with van der Waals surface area (Å²) in [7, 11) is 0. The first-order valence-electron chi connectivity index (χ1n) is 4.07. The molecule has 1 heterocycles. The second-order valence-electron chi connectivity index (χ2n) is 2.80. The number of hydrogen-bond acceptors (Lipinski definition) is 4. The third-order valence-electron chi connectivity index (χ3n) is 1.86. The fourth-order valence-electron chi connectivity index (χ4n) is 1.16. The van der Waals surface area contributed by atoms with Crippen LogP contribution in [0.25, 0.3) is 11.3 Å². The Kier molecular flexibility index (Phi) is 4.00. The quantitative estimate of drug-likeness (QED) is 0.841. The van der Waals surface area contributed by atoms with Crippen LogP contribution in [-0.4, -0.2) is 20.7 Å². The molecule has 0 aliphatic carbocycles. The Morgan fingerprint density at radius 3 is 2.62 bits per heavy atom. The Bertz CT molecular complexity index is 507. The standard InChI is InChI=1S/C9H6Cl2N4.H2O/c10-6-3-1-2-5(7(6)11)8-9(12)13-4-14-15-8;/h1-4H,(H2,12,13,14);1H2. The fraction of sp³-hybridized carbons (Fsp3) is 0. The Balaban J connectivity index is 0.00000128. The number of rotatable bonds is 1. The van der Waals surface area contributed by atoms with E-state index in [-0.39, 0.29) is 11.3 Å². The molecule has 84 valence electrons. The third kappa shape index (κ3) is 2.21. The Hall–Kier alpha value is -1.43. The molecule has 4 N–H and O–H groups in total. The average molecular weight is 259 g/mol. The smallest absolute Gasteiger partial charge is 0.153 e. The van der Waals surface area contributed by atoms with Crippen LogP contribution in [0.4, 0.5) is 5.82 Å². The molecule has 1 aromatic heterocycles. The van der Waals surface area contributed by atoms with Crippen LogP contribution in [0.15, 0.2) is 24.5 Å². The maximum atomic E-state index is 6.02. The molecule has 0 radical (unpaired) electrons. The van der Waals surface area contributed by atoms with Gasteiger partial charge in [-0.15, -0.1) is 10.2 Å². The van der Waals surface area contributed by atoms with Crippen molar-refractivity contribution in [2.75, 3.05) is 5.73 Å². The number of nitrogens with zero attached hydrogens (tertiary/aromatic N) is 3. The van der Waals surface area contributed by atoms with Gasteiger partial charge in [-0.05, 0) is 6.07 Å². The molecule has 0 atom stereocenters. The number of nitrogen functional groups attached to an aromatic ring is 1. The predicted octanol–water partition coefficient (Wildman–Crippen LogP) is 1.60. The summed E-state index contributed by atoms with van der Waals surface area (Å²) in [6.07, 6.45) is 1.28. The van der Waals surface area contributed by atoms with E-state index in [1.165, 1.54) is 6.33 Å². The van der Waals surface area contributed by atoms with Gasteiger partial charge in [-0.2, -0.15) is 0 Å². The van der Waals surface area contributed by atoms with Crippen molar-refractivity contribution in [3.63, 3.8) is 0 Å². The summed E-state index contributed by atoms with van der Waals surface area (Å²) in [5, 5.41) is 8.36. The molecule has 5 nitrogen and oxygen atoms in total. The fourth-order valence-corrected chi connectivity index (χ4v) is 1.55. The second-order valence-corrected chi connectivity index (χ2v) is 3.58. The van der Waals surface area contributed by atoms with E-state index in [2.05, 4.69) is 15.2 Å². The minimum absolute atomic E-state index is 0. The van der Waals surface area contributed by atoms with E-state index in [9.17, 15) is 0 Å². The number of anilines is 1. The Labute approximate surface area is 102 Å². The number of hydrogen-bond donors (Lipinski definition) is 1. The molecule has 0 spiro atoms. The van der Waals surface area contributed by atoms with Gasteiger partial charge in [0.15, 0.2) is 5.82 Å². The van der Waals surface area contributed by atoms with Crippen molar-refractivity contribution in [1.82, 2.24) is 15.2 Å². The monoisotopic (exact) mass is 258 g/mol. The highest BCUT2D eigenvalue weighted by molar-refractivity contribution is 6.43. The van der Waals surface area contributed by atoms with Gasteiger partial charge in [-0.25, -0.2) is 4.98 Å². The topological polar surface area (TPSA) is 96.2 Å². The zero-order valence-corrected chi connectivity index (χ0v) is 9.50. The molecular weight excluding hydrogens is 251 g/mol. The Morgan fingerprint density at radius 1 is 1.19 bits per heavy atom. The molecule has 16 heavy (non-hydrogen) atoms. The average Bonchev–Trinajstić information content (AvgIpc) is 2.23. The van der Waals surface area contributed by atoms with E-state index in [4.69, 9.17) is 28.9 Å². The van der Waals surface area contributed by atoms with Gasteiger partial charge in [0, 0.05) is 5.56 Å². The van der Waals surface area contributed by atoms with Gasteiger partial charge >= 0.3 is 0 Å². The van der Waals surface area contributed by atoms with Gasteiger partial charge in [0.25, 0.3) is 0 Å². The van der Waals surface area contributed by atoms with Gasteiger partial charge in [0.2, 0.25) is 0 Å². The number of aromatic nitrogens is 3. The maximum absolute atomic E-state index is 6.02. The highest BCUT2D eigenvalue weighted by Crippen LogP contribution is 2.33. The van der Waals surface area contributed by atoms with Gasteiger partial charge in [-0.3, -0.25) is 0 Å². The van der Waals surface area contributed by atoms with Crippen LogP contribution in [0.2, 0.25) is 10.0 Å². The molecule has 0 saturated heterocycles. The summed E-state index contributed by atoms with van der Waals surface area (Å²) in [6.45, 7) is 0. The van der Waals surface area contributed by atoms with Crippen LogP contribution in [-0.2, 0) is 0 Å². The van der Waals surface area contributed by atoms with E-state index in [0.29, 0.717) is 21.3 Å². The van der Waals surface area contributed by atoms with Crippen molar-refractivity contribution in [1.29, 1.82) is 0 Å². The van der Waals surface area contributed by atoms with Gasteiger partial charge < -0.3 is 11.2 Å². The van der Waals surface area contributed by atoms with Crippen LogP contribution >= 0.6 is 23.2 Å². The Morgan fingerprint density at radius 2 is 1.94 bits per heavy atom. The summed E-state index contributed by atoms with van der Waals surface area (Å²) in [4.78, 5) is 3.83. The highest BCUT2D eigenvalue weighted by Gasteiger charge is 2.11. The molecule has 0 saturated carbocycles. The second kappa shape index (κ2) is 5.07. The van der Waals surface area contributed by atoms with E-state index >= 15 is 0 Å². The van der Waals surface area contributed by atoms with E-state index in [0.717, 1.165) is 0 Å². The number of nitrogens with two attached hydrogens (primary N) is 1. The molecule has 0 aliphatic rings. The highest BCUT2D eigenvalue weighted by atomic mass is 35.5. The van der Waals surface area contributed by atoms with Crippen molar-refractivity contribution >= 4 is 29.0 Å². The van der Waals surface area contributed by atoms with Crippen LogP contribution in [0.1, 0.15) is 0 Å². The minimum Gasteiger partial charge on any atom is -0.412 e. The molecule has 1 aromatic carbocycles. The van der Waals surface area contributed by atoms with E-state index < -0.39 is 0 Å². The number of halogens is 2. The largest absolute Gasteiger partial charge is 0.412 e. The molecule has 0 aliphatic heterocycles. The van der Waals surface area contributed by atoms with Crippen LogP contribution < -0.4 is 5.73 Å². The molecule has 0 amide bonds. The van der Waals surface area contributed by atoms with Crippen molar-refractivity contribution in [2.24, 2.45) is 0 Å². The summed E-state index contributed by atoms with van der Waals surface area (Å²) >= 11 is 11.9. The SMILES string of the molecule is Nc1ncnnc1-c1cccc(Cl)c1Cl.O. The molecule has 0 bridgehead atoms. The molecule has 7 heteroatoms. The van der Waals surface area contributed by atoms with E-state index in [1.54, 1.807) is 18.2 Å². The first kappa shape index (κ1) is 12.6. The van der Waals surface area contributed by atoms with Crippen molar-refractivity contribution in [3.8, 4) is 11.3 Å². The lowest BCUT2D eigenvalue weighted by Crippen LogP contribution is -1.98. The molecule has 0 unspecified atom stereocenters. The first-order valence-corrected chi connectivity index (χ1v) is 4.83. The van der Waals surface area contributed by atoms with Crippen LogP contribution in [0.3, 0.4) is 0 Å². The lowest BCUT2D eigenvalue weighted by Gasteiger charge is -2.05. The van der Waals surface area contributed by atoms with Crippen molar-refractivity contribution < 1.29 is 5.48 Å². The van der Waals surface area contributed by atoms with Crippen LogP contribution in [0, 0.1) is 0 Å². The molecular formula is C9H8Cl2N4O. The normalized spacial score (nSPS) is 9.62. The van der Waals surface area contributed by atoms with Crippen LogP contribution in [0.5, 0.6) is 0 Å². The molecule has 2 aromatic rings. The molecule has 2 rings (SSSR count). The maximum Gasteiger partial charge on any atom is 0.153 e. The van der Waals surface area contributed by atoms with E-state index in [1.807, 2.05) is 0 Å². The van der Waals surface area contributed by atoms with Gasteiger partial charge in [-0.1, -0.05) is 35.3 Å². The summed E-state index contributed by atoms with van der Waals surface area (Å²) in [5.41, 5.74) is 6.72. The lowest BCUT2D eigenvalue weighted by atomic mass is 10.1. The summed E-state index contributed by atoms with van der Waals surface area (Å²) < 4.78 is 0. The van der Waals surface area contributed by atoms with Crippen molar-refractivity contribution in [3.05, 3.63) is 34.6 Å².